The second kappa shape index (κ2) is 7.71. The van der Waals surface area contributed by atoms with E-state index in [2.05, 4.69) is 33.8 Å². The number of ether oxygens (including phenoxy) is 1. The molecular formula is C11H18BrClN2OS. The summed E-state index contributed by atoms with van der Waals surface area (Å²) >= 11 is 11.1. The number of nitrogens with two attached hydrogens (primary N) is 1. The summed E-state index contributed by atoms with van der Waals surface area (Å²) in [7, 11) is 1.71. The molecular weight excluding hydrogens is 324 g/mol. The van der Waals surface area contributed by atoms with E-state index in [9.17, 15) is 0 Å². The van der Waals surface area contributed by atoms with Crippen molar-refractivity contribution in [3.63, 3.8) is 0 Å². The zero-order valence-electron chi connectivity index (χ0n) is 10.1. The first kappa shape index (κ1) is 15.4. The SMILES string of the molecule is CCN(CCOC)C(CN)c1cc(Br)c(Cl)s1. The van der Waals surface area contributed by atoms with Crippen LogP contribution < -0.4 is 5.73 Å². The maximum absolute atomic E-state index is 6.07. The van der Waals surface area contributed by atoms with Crippen LogP contribution >= 0.6 is 38.9 Å². The van der Waals surface area contributed by atoms with Gasteiger partial charge in [-0.3, -0.25) is 4.90 Å². The van der Waals surface area contributed by atoms with E-state index in [0.29, 0.717) is 13.2 Å². The van der Waals surface area contributed by atoms with Crippen LogP contribution in [-0.4, -0.2) is 38.3 Å². The van der Waals surface area contributed by atoms with E-state index in [0.717, 1.165) is 21.9 Å². The molecule has 0 bridgehead atoms. The molecule has 0 fully saturated rings. The van der Waals surface area contributed by atoms with Crippen molar-refractivity contribution in [3.05, 3.63) is 19.8 Å². The molecule has 6 heteroatoms. The van der Waals surface area contributed by atoms with Crippen LogP contribution in [0.2, 0.25) is 4.34 Å². The van der Waals surface area contributed by atoms with Gasteiger partial charge in [0.1, 0.15) is 4.34 Å². The van der Waals surface area contributed by atoms with E-state index in [4.69, 9.17) is 22.1 Å². The third-order valence-corrected chi connectivity index (χ3v) is 5.22. The molecule has 0 radical (unpaired) electrons. The van der Waals surface area contributed by atoms with Crippen LogP contribution in [0.1, 0.15) is 17.8 Å². The van der Waals surface area contributed by atoms with Crippen molar-refractivity contribution in [2.24, 2.45) is 5.73 Å². The average molecular weight is 342 g/mol. The maximum Gasteiger partial charge on any atom is 0.107 e. The van der Waals surface area contributed by atoms with Crippen LogP contribution in [0.4, 0.5) is 0 Å². The summed E-state index contributed by atoms with van der Waals surface area (Å²) < 4.78 is 6.84. The first-order valence-corrected chi connectivity index (χ1v) is 7.50. The zero-order valence-corrected chi connectivity index (χ0v) is 13.2. The van der Waals surface area contributed by atoms with Gasteiger partial charge < -0.3 is 10.5 Å². The molecule has 17 heavy (non-hydrogen) atoms. The van der Waals surface area contributed by atoms with Crippen LogP contribution in [0, 0.1) is 0 Å². The van der Waals surface area contributed by atoms with Gasteiger partial charge in [0.25, 0.3) is 0 Å². The van der Waals surface area contributed by atoms with Crippen molar-refractivity contribution < 1.29 is 4.74 Å². The molecule has 1 unspecified atom stereocenters. The Morgan fingerprint density at radius 1 is 1.65 bits per heavy atom. The number of likely N-dealkylation sites (N-methyl/N-ethyl adjacent to an activating group) is 1. The minimum Gasteiger partial charge on any atom is -0.383 e. The molecule has 3 nitrogen and oxygen atoms in total. The van der Waals surface area contributed by atoms with Gasteiger partial charge in [0.05, 0.1) is 12.6 Å². The minimum atomic E-state index is 0.212. The lowest BCUT2D eigenvalue weighted by Crippen LogP contribution is -2.35. The number of halogens is 2. The molecule has 1 atom stereocenters. The van der Waals surface area contributed by atoms with Crippen LogP contribution in [-0.2, 0) is 4.74 Å². The summed E-state index contributed by atoms with van der Waals surface area (Å²) in [6.45, 7) is 5.24. The van der Waals surface area contributed by atoms with Crippen LogP contribution in [0.5, 0.6) is 0 Å². The van der Waals surface area contributed by atoms with Gasteiger partial charge in [0.15, 0.2) is 0 Å². The standard InChI is InChI=1S/C11H18BrClN2OS/c1-3-15(4-5-16-2)9(7-14)10-6-8(12)11(13)17-10/h6,9H,3-5,7,14H2,1-2H3. The van der Waals surface area contributed by atoms with E-state index in [-0.39, 0.29) is 6.04 Å². The molecule has 0 saturated carbocycles. The normalized spacial score (nSPS) is 13.3. The fourth-order valence-electron chi connectivity index (χ4n) is 1.72. The fourth-order valence-corrected chi connectivity index (χ4v) is 3.60. The highest BCUT2D eigenvalue weighted by Gasteiger charge is 2.20. The number of hydrogen-bond donors (Lipinski definition) is 1. The summed E-state index contributed by atoms with van der Waals surface area (Å²) in [6, 6.07) is 2.27. The van der Waals surface area contributed by atoms with Crippen LogP contribution in [0.15, 0.2) is 10.5 Å². The van der Waals surface area contributed by atoms with E-state index < -0.39 is 0 Å². The predicted octanol–water partition coefficient (Wildman–Crippen LogP) is 3.13. The summed E-state index contributed by atoms with van der Waals surface area (Å²) in [6.07, 6.45) is 0. The van der Waals surface area contributed by atoms with Crippen molar-refractivity contribution in [2.45, 2.75) is 13.0 Å². The Morgan fingerprint density at radius 3 is 2.76 bits per heavy atom. The molecule has 1 rings (SSSR count). The van der Waals surface area contributed by atoms with Crippen LogP contribution in [0.25, 0.3) is 0 Å². The zero-order chi connectivity index (χ0) is 12.8. The second-order valence-electron chi connectivity index (χ2n) is 3.64. The Bertz CT molecular complexity index is 329. The smallest absolute Gasteiger partial charge is 0.107 e. The Balaban J connectivity index is 2.80. The maximum atomic E-state index is 6.07. The Hall–Kier alpha value is 0.350. The Labute approximate surface area is 120 Å². The lowest BCUT2D eigenvalue weighted by molar-refractivity contribution is 0.127. The lowest BCUT2D eigenvalue weighted by atomic mass is 10.2. The second-order valence-corrected chi connectivity index (χ2v) is 6.18. The van der Waals surface area contributed by atoms with Gasteiger partial charge in [-0.25, -0.2) is 0 Å². The summed E-state index contributed by atoms with van der Waals surface area (Å²) in [4.78, 5) is 3.50. The van der Waals surface area contributed by atoms with Crippen molar-refractivity contribution in [3.8, 4) is 0 Å². The highest BCUT2D eigenvalue weighted by atomic mass is 79.9. The van der Waals surface area contributed by atoms with Crippen molar-refractivity contribution in [1.29, 1.82) is 0 Å². The summed E-state index contributed by atoms with van der Waals surface area (Å²) in [5.41, 5.74) is 5.88. The van der Waals surface area contributed by atoms with Gasteiger partial charge in [-0.1, -0.05) is 18.5 Å². The molecule has 0 amide bonds. The monoisotopic (exact) mass is 340 g/mol. The van der Waals surface area contributed by atoms with Crippen molar-refractivity contribution >= 4 is 38.9 Å². The molecule has 0 aliphatic heterocycles. The number of methoxy groups -OCH3 is 1. The number of rotatable bonds is 7. The first-order chi connectivity index (χ1) is 8.13. The van der Waals surface area contributed by atoms with E-state index in [1.165, 1.54) is 4.88 Å². The first-order valence-electron chi connectivity index (χ1n) is 5.51. The Kier molecular flexibility index (Phi) is 6.99. The lowest BCUT2D eigenvalue weighted by Gasteiger charge is -2.28. The average Bonchev–Trinajstić information content (AvgIpc) is 2.64. The van der Waals surface area contributed by atoms with E-state index in [1.807, 2.05) is 0 Å². The van der Waals surface area contributed by atoms with Gasteiger partial charge in [0.2, 0.25) is 0 Å². The molecule has 0 aromatic carbocycles. The molecule has 0 aliphatic carbocycles. The van der Waals surface area contributed by atoms with Crippen molar-refractivity contribution in [1.82, 2.24) is 4.90 Å². The molecule has 1 heterocycles. The topological polar surface area (TPSA) is 38.5 Å². The largest absolute Gasteiger partial charge is 0.383 e. The molecule has 0 saturated heterocycles. The van der Waals surface area contributed by atoms with E-state index >= 15 is 0 Å². The fraction of sp³-hybridized carbons (Fsp3) is 0.636. The molecule has 2 N–H and O–H groups in total. The van der Waals surface area contributed by atoms with Gasteiger partial charge in [-0.2, -0.15) is 0 Å². The number of hydrogen-bond acceptors (Lipinski definition) is 4. The quantitative estimate of drug-likeness (QED) is 0.828. The van der Waals surface area contributed by atoms with Gasteiger partial charge in [-0.15, -0.1) is 11.3 Å². The molecule has 1 aromatic heterocycles. The predicted molar refractivity (Wildman–Crippen MR) is 77.9 cm³/mol. The molecule has 1 aromatic rings. The van der Waals surface area contributed by atoms with Gasteiger partial charge in [-0.05, 0) is 28.5 Å². The third kappa shape index (κ3) is 4.19. The molecule has 98 valence electrons. The minimum absolute atomic E-state index is 0.212. The van der Waals surface area contributed by atoms with Crippen molar-refractivity contribution in [2.75, 3.05) is 33.4 Å². The Morgan fingerprint density at radius 2 is 2.35 bits per heavy atom. The highest BCUT2D eigenvalue weighted by Crippen LogP contribution is 2.36. The highest BCUT2D eigenvalue weighted by molar-refractivity contribution is 9.10. The summed E-state index contributed by atoms with van der Waals surface area (Å²) in [5, 5.41) is 0. The van der Waals surface area contributed by atoms with Gasteiger partial charge >= 0.3 is 0 Å². The summed E-state index contributed by atoms with van der Waals surface area (Å²) in [5.74, 6) is 0. The number of thiophene rings is 1. The third-order valence-electron chi connectivity index (χ3n) is 2.65. The molecule has 0 spiro atoms. The molecule has 0 aliphatic rings. The number of nitrogens with zero attached hydrogens (tertiary/aromatic N) is 1. The van der Waals surface area contributed by atoms with E-state index in [1.54, 1.807) is 18.4 Å². The van der Waals surface area contributed by atoms with Gasteiger partial charge in [0, 0.05) is 29.5 Å². The van der Waals surface area contributed by atoms with Crippen LogP contribution in [0.3, 0.4) is 0 Å².